The minimum absolute atomic E-state index is 0.269. The highest BCUT2D eigenvalue weighted by molar-refractivity contribution is 5.66. The second kappa shape index (κ2) is 5.66. The first-order valence-corrected chi connectivity index (χ1v) is 7.55. The Balaban J connectivity index is 1.70. The lowest BCUT2D eigenvalue weighted by Crippen LogP contribution is -2.61. The van der Waals surface area contributed by atoms with Crippen LogP contribution in [0.25, 0.3) is 0 Å². The lowest BCUT2D eigenvalue weighted by atomic mass is 9.45. The number of fused-ring (bicyclic) bond motifs is 2. The Morgan fingerprint density at radius 3 is 2.68 bits per heavy atom. The van der Waals surface area contributed by atoms with Crippen LogP contribution in [0.3, 0.4) is 0 Å². The Labute approximate surface area is 116 Å². The molecular weight excluding hydrogens is 238 g/mol. The number of carbonyl (C=O) groups is 1. The summed E-state index contributed by atoms with van der Waals surface area (Å²) in [5, 5.41) is 8.55. The van der Waals surface area contributed by atoms with E-state index in [1.807, 2.05) is 0 Å². The van der Waals surface area contributed by atoms with E-state index in [1.54, 1.807) is 0 Å². The topological polar surface area (TPSA) is 63.3 Å². The van der Waals surface area contributed by atoms with Crippen LogP contribution in [0.1, 0.15) is 52.4 Å². The Morgan fingerprint density at radius 1 is 1.37 bits per heavy atom. The summed E-state index contributed by atoms with van der Waals surface area (Å²) < 4.78 is 0. The van der Waals surface area contributed by atoms with Gasteiger partial charge in [-0.1, -0.05) is 26.0 Å². The normalized spacial score (nSPS) is 36.2. The Kier molecular flexibility index (Phi) is 4.34. The van der Waals surface area contributed by atoms with Crippen LogP contribution in [0.4, 0.5) is 0 Å². The third-order valence-corrected chi connectivity index (χ3v) is 5.51. The molecule has 3 rings (SSSR count). The fraction of sp³-hybridized carbons (Fsp3) is 0.812. The molecule has 3 saturated carbocycles. The number of allylic oxidation sites excluding steroid dienone is 2. The van der Waals surface area contributed by atoms with Crippen molar-refractivity contribution in [1.82, 2.24) is 0 Å². The smallest absolute Gasteiger partial charge is 0.303 e. The molecule has 19 heavy (non-hydrogen) atoms. The summed E-state index contributed by atoms with van der Waals surface area (Å²) in [5.41, 5.74) is 6.86. The molecule has 0 saturated heterocycles. The molecule has 3 aliphatic rings. The Hall–Kier alpha value is -0.830. The second-order valence-corrected chi connectivity index (χ2v) is 6.93. The molecule has 108 valence electrons. The molecule has 4 unspecified atom stereocenters. The monoisotopic (exact) mass is 265 g/mol. The van der Waals surface area contributed by atoms with E-state index in [4.69, 9.17) is 10.8 Å². The molecule has 3 nitrogen and oxygen atoms in total. The van der Waals surface area contributed by atoms with Gasteiger partial charge in [-0.25, -0.2) is 0 Å². The molecule has 4 atom stereocenters. The van der Waals surface area contributed by atoms with Gasteiger partial charge in [-0.15, -0.1) is 0 Å². The molecule has 0 heterocycles. The minimum Gasteiger partial charge on any atom is -0.481 e. The van der Waals surface area contributed by atoms with Gasteiger partial charge in [-0.3, -0.25) is 4.79 Å². The van der Waals surface area contributed by atoms with Gasteiger partial charge in [-0.05, 0) is 55.3 Å². The number of hydrogen-bond acceptors (Lipinski definition) is 2. The molecule has 0 aromatic carbocycles. The molecule has 0 aliphatic heterocycles. The molecule has 3 N–H and O–H groups in total. The summed E-state index contributed by atoms with van der Waals surface area (Å²) in [4.78, 5) is 10.4. The van der Waals surface area contributed by atoms with Gasteiger partial charge in [-0.2, -0.15) is 0 Å². The molecule has 0 radical (unpaired) electrons. The molecule has 0 aromatic heterocycles. The van der Waals surface area contributed by atoms with Crippen molar-refractivity contribution in [2.45, 2.75) is 58.4 Å². The average molecular weight is 265 g/mol. The predicted molar refractivity (Wildman–Crippen MR) is 76.7 cm³/mol. The maximum atomic E-state index is 10.4. The number of carboxylic acids is 1. The van der Waals surface area contributed by atoms with E-state index < -0.39 is 5.97 Å². The van der Waals surface area contributed by atoms with Crippen molar-refractivity contribution in [1.29, 1.82) is 0 Å². The first kappa shape index (κ1) is 14.6. The minimum atomic E-state index is -0.704. The average Bonchev–Trinajstić information content (AvgIpc) is 2.34. The van der Waals surface area contributed by atoms with Gasteiger partial charge in [0, 0.05) is 12.5 Å². The van der Waals surface area contributed by atoms with E-state index in [0.717, 1.165) is 25.2 Å². The maximum Gasteiger partial charge on any atom is 0.303 e. The second-order valence-electron chi connectivity index (χ2n) is 6.93. The number of hydrogen-bond donors (Lipinski definition) is 2. The van der Waals surface area contributed by atoms with Crippen molar-refractivity contribution in [3.63, 3.8) is 0 Å². The van der Waals surface area contributed by atoms with Crippen molar-refractivity contribution in [2.24, 2.45) is 28.9 Å². The molecular formula is C16H27NO2. The molecule has 0 amide bonds. The molecule has 3 fully saturated rings. The highest BCUT2D eigenvalue weighted by Crippen LogP contribution is 2.60. The van der Waals surface area contributed by atoms with Gasteiger partial charge in [0.05, 0.1) is 0 Å². The quantitative estimate of drug-likeness (QED) is 0.572. The van der Waals surface area contributed by atoms with Gasteiger partial charge in [0.15, 0.2) is 0 Å². The predicted octanol–water partition coefficient (Wildman–Crippen LogP) is 3.20. The van der Waals surface area contributed by atoms with Crippen LogP contribution in [-0.4, -0.2) is 17.1 Å². The summed E-state index contributed by atoms with van der Waals surface area (Å²) in [7, 11) is 0. The fourth-order valence-electron chi connectivity index (χ4n) is 3.97. The third-order valence-electron chi connectivity index (χ3n) is 5.51. The number of aliphatic carboxylic acids is 1. The van der Waals surface area contributed by atoms with Crippen LogP contribution in [0.15, 0.2) is 12.2 Å². The van der Waals surface area contributed by atoms with Gasteiger partial charge >= 0.3 is 5.97 Å². The Morgan fingerprint density at radius 2 is 2.11 bits per heavy atom. The number of carboxylic acid groups (broad SMARTS) is 1. The highest BCUT2D eigenvalue weighted by Gasteiger charge is 2.56. The SMILES string of the molecule is CC1(C)C2CC(CC=CCCCC(=O)O)C(N)C1C2. The maximum absolute atomic E-state index is 10.4. The molecule has 3 aliphatic carbocycles. The largest absolute Gasteiger partial charge is 0.481 e. The molecule has 2 bridgehead atoms. The van der Waals surface area contributed by atoms with Crippen LogP contribution in [-0.2, 0) is 4.79 Å². The van der Waals surface area contributed by atoms with E-state index in [9.17, 15) is 4.79 Å². The number of nitrogens with two attached hydrogens (primary N) is 1. The van der Waals surface area contributed by atoms with E-state index in [1.165, 1.54) is 12.8 Å². The summed E-state index contributed by atoms with van der Waals surface area (Å²) in [6.07, 6.45) is 9.87. The zero-order chi connectivity index (χ0) is 14.0. The third kappa shape index (κ3) is 3.02. The van der Waals surface area contributed by atoms with Crippen LogP contribution in [0.5, 0.6) is 0 Å². The van der Waals surface area contributed by atoms with E-state index >= 15 is 0 Å². The van der Waals surface area contributed by atoms with Crippen molar-refractivity contribution < 1.29 is 9.90 Å². The molecule has 0 aromatic rings. The standard InChI is InChI=1S/C16H27NO2/c1-16(2)12-9-11(15(17)13(16)10-12)7-5-3-4-6-8-14(18)19/h3,5,11-13,15H,4,6-10,17H2,1-2H3,(H,18,19). The van der Waals surface area contributed by atoms with Crippen molar-refractivity contribution in [2.75, 3.05) is 0 Å². The molecule has 3 heteroatoms. The van der Waals surface area contributed by atoms with Gasteiger partial charge in [0.25, 0.3) is 0 Å². The summed E-state index contributed by atoms with van der Waals surface area (Å²) in [5.74, 6) is 1.50. The number of unbranched alkanes of at least 4 members (excludes halogenated alkanes) is 1. The summed E-state index contributed by atoms with van der Waals surface area (Å²) >= 11 is 0. The lowest BCUT2D eigenvalue weighted by Gasteiger charge is -2.61. The van der Waals surface area contributed by atoms with Crippen LogP contribution in [0.2, 0.25) is 0 Å². The highest BCUT2D eigenvalue weighted by atomic mass is 16.4. The van der Waals surface area contributed by atoms with Crippen molar-refractivity contribution in [3.8, 4) is 0 Å². The first-order valence-electron chi connectivity index (χ1n) is 7.55. The Bertz CT molecular complexity index is 362. The summed E-state index contributed by atoms with van der Waals surface area (Å²) in [6.45, 7) is 4.73. The van der Waals surface area contributed by atoms with E-state index in [-0.39, 0.29) is 6.42 Å². The van der Waals surface area contributed by atoms with Crippen LogP contribution in [0, 0.1) is 23.2 Å². The lowest BCUT2D eigenvalue weighted by molar-refractivity contribution is -0.137. The van der Waals surface area contributed by atoms with E-state index in [0.29, 0.717) is 23.3 Å². The van der Waals surface area contributed by atoms with Crippen molar-refractivity contribution in [3.05, 3.63) is 12.2 Å². The zero-order valence-corrected chi connectivity index (χ0v) is 12.1. The van der Waals surface area contributed by atoms with E-state index in [2.05, 4.69) is 26.0 Å². The fourth-order valence-corrected chi connectivity index (χ4v) is 3.97. The van der Waals surface area contributed by atoms with Gasteiger partial charge in [0.2, 0.25) is 0 Å². The van der Waals surface area contributed by atoms with Gasteiger partial charge < -0.3 is 10.8 Å². The first-order chi connectivity index (χ1) is 8.93. The van der Waals surface area contributed by atoms with Crippen LogP contribution >= 0.6 is 0 Å². The molecule has 0 spiro atoms. The summed E-state index contributed by atoms with van der Waals surface area (Å²) in [6, 6.07) is 0.351. The number of rotatable bonds is 6. The zero-order valence-electron chi connectivity index (χ0n) is 12.1. The van der Waals surface area contributed by atoms with Crippen LogP contribution < -0.4 is 5.73 Å². The van der Waals surface area contributed by atoms with Gasteiger partial charge in [0.1, 0.15) is 0 Å². The van der Waals surface area contributed by atoms with Crippen molar-refractivity contribution >= 4 is 5.97 Å².